The zero-order valence-corrected chi connectivity index (χ0v) is 19.6. The van der Waals surface area contributed by atoms with Gasteiger partial charge in [-0.15, -0.1) is 0 Å². The van der Waals surface area contributed by atoms with E-state index in [1.54, 1.807) is 0 Å². The van der Waals surface area contributed by atoms with Crippen molar-refractivity contribution in [3.8, 4) is 10.4 Å². The Morgan fingerprint density at radius 3 is 2.63 bits per heavy atom. The molecule has 0 radical (unpaired) electrons. The number of nitrogens with one attached hydrogen (secondary N) is 1. The molecule has 30 heavy (non-hydrogen) atoms. The maximum absolute atomic E-state index is 13.3. The second kappa shape index (κ2) is 7.98. The predicted octanol–water partition coefficient (Wildman–Crippen LogP) is 4.35. The van der Waals surface area contributed by atoms with Gasteiger partial charge in [0.25, 0.3) is 5.91 Å². The third-order valence-corrected chi connectivity index (χ3v) is 8.52. The number of aromatic nitrogens is 1. The lowest BCUT2D eigenvalue weighted by molar-refractivity contribution is -0.114. The number of aryl methyl sites for hydroxylation is 1. The van der Waals surface area contributed by atoms with Gasteiger partial charge in [-0.1, -0.05) is 11.3 Å². The lowest BCUT2D eigenvalue weighted by atomic mass is 10.0. The molecule has 2 aromatic rings. The summed E-state index contributed by atoms with van der Waals surface area (Å²) < 4.78 is 13.2. The maximum Gasteiger partial charge on any atom is 0.259 e. The van der Waals surface area contributed by atoms with Crippen LogP contribution >= 0.6 is 11.3 Å². The Balaban J connectivity index is 1.79. The number of hydrogen-bond donors (Lipinski definition) is 1. The molecule has 4 rings (SSSR count). The van der Waals surface area contributed by atoms with Gasteiger partial charge in [-0.2, -0.15) is 0 Å². The van der Waals surface area contributed by atoms with Crippen LogP contribution < -0.4 is 5.32 Å². The van der Waals surface area contributed by atoms with E-state index in [1.807, 2.05) is 37.8 Å². The average molecular weight is 446 g/mol. The van der Waals surface area contributed by atoms with Gasteiger partial charge in [-0.05, 0) is 74.8 Å². The van der Waals surface area contributed by atoms with Crippen LogP contribution in [0.4, 0.5) is 5.13 Å². The summed E-state index contributed by atoms with van der Waals surface area (Å²) in [6.45, 7) is 9.85. The Morgan fingerprint density at radius 1 is 1.33 bits per heavy atom. The highest BCUT2D eigenvalue weighted by atomic mass is 32.2. The van der Waals surface area contributed by atoms with Crippen LogP contribution in [0.5, 0.6) is 0 Å². The predicted molar refractivity (Wildman–Crippen MR) is 120 cm³/mol. The number of carbonyl (C=O) groups excluding carboxylic acids is 2. The molecule has 2 heterocycles. The van der Waals surface area contributed by atoms with Crippen LogP contribution in [0.2, 0.25) is 0 Å². The molecule has 2 aliphatic rings. The molecular weight excluding hydrogens is 418 g/mol. The first-order valence-corrected chi connectivity index (χ1v) is 12.3. The van der Waals surface area contributed by atoms with Crippen LogP contribution in [0.1, 0.15) is 62.2 Å². The van der Waals surface area contributed by atoms with Crippen molar-refractivity contribution in [2.24, 2.45) is 5.92 Å². The summed E-state index contributed by atoms with van der Waals surface area (Å²) in [6, 6.07) is 4.12. The first-order valence-electron chi connectivity index (χ1n) is 10.3. The zero-order chi connectivity index (χ0) is 21.7. The minimum atomic E-state index is -1.29. The zero-order valence-electron chi connectivity index (χ0n) is 17.9. The fourth-order valence-electron chi connectivity index (χ4n) is 4.01. The van der Waals surface area contributed by atoms with Crippen molar-refractivity contribution in [3.63, 3.8) is 0 Å². The van der Waals surface area contributed by atoms with E-state index < -0.39 is 11.2 Å². The van der Waals surface area contributed by atoms with Crippen LogP contribution in [0, 0.1) is 12.8 Å². The van der Waals surface area contributed by atoms with Gasteiger partial charge in [0.15, 0.2) is 10.0 Å². The Hall–Kier alpha value is -1.90. The summed E-state index contributed by atoms with van der Waals surface area (Å²) in [5.41, 5.74) is 3.25. The summed E-state index contributed by atoms with van der Waals surface area (Å²) in [5.74, 6) is 0.409. The average Bonchev–Trinajstić information content (AvgIpc) is 3.39. The number of fused-ring (bicyclic) bond motifs is 1. The number of hydrogen-bond acceptors (Lipinski definition) is 5. The van der Waals surface area contributed by atoms with E-state index in [4.69, 9.17) is 0 Å². The number of carbonyl (C=O) groups is 2. The van der Waals surface area contributed by atoms with Gasteiger partial charge < -0.3 is 14.8 Å². The van der Waals surface area contributed by atoms with E-state index in [0.717, 1.165) is 21.7 Å². The topological polar surface area (TPSA) is 85.4 Å². The van der Waals surface area contributed by atoms with Crippen molar-refractivity contribution in [1.82, 2.24) is 9.88 Å². The highest BCUT2D eigenvalue weighted by Gasteiger charge is 2.42. The first-order chi connectivity index (χ1) is 14.2. The summed E-state index contributed by atoms with van der Waals surface area (Å²) in [7, 11) is 0. The van der Waals surface area contributed by atoms with Gasteiger partial charge >= 0.3 is 0 Å². The molecule has 1 aromatic carbocycles. The molecule has 0 saturated heterocycles. The van der Waals surface area contributed by atoms with Crippen molar-refractivity contribution in [2.45, 2.75) is 70.2 Å². The van der Waals surface area contributed by atoms with Gasteiger partial charge in [0, 0.05) is 25.6 Å². The number of anilines is 1. The molecule has 2 atom stereocenters. The van der Waals surface area contributed by atoms with Gasteiger partial charge in [0.1, 0.15) is 5.25 Å². The molecule has 0 spiro atoms. The van der Waals surface area contributed by atoms with Gasteiger partial charge in [0.05, 0.1) is 16.1 Å². The lowest BCUT2D eigenvalue weighted by Crippen LogP contribution is -2.35. The van der Waals surface area contributed by atoms with Gasteiger partial charge in [-0.3, -0.25) is 9.59 Å². The van der Waals surface area contributed by atoms with Gasteiger partial charge in [0.2, 0.25) is 5.91 Å². The molecule has 160 valence electrons. The van der Waals surface area contributed by atoms with Crippen molar-refractivity contribution in [1.29, 1.82) is 0 Å². The quantitative estimate of drug-likeness (QED) is 0.670. The minimum absolute atomic E-state index is 0.0000816. The number of rotatable bonds is 6. The molecule has 1 aliphatic heterocycles. The molecule has 1 saturated carbocycles. The summed E-state index contributed by atoms with van der Waals surface area (Å²) >= 11 is 0.111. The smallest absolute Gasteiger partial charge is 0.259 e. The van der Waals surface area contributed by atoms with Crippen molar-refractivity contribution in [2.75, 3.05) is 5.32 Å². The highest BCUT2D eigenvalue weighted by Crippen LogP contribution is 2.42. The Bertz CT molecular complexity index is 1010. The van der Waals surface area contributed by atoms with E-state index in [-0.39, 0.29) is 23.1 Å². The molecular formula is C22H27N3O3S2. The summed E-state index contributed by atoms with van der Waals surface area (Å²) in [4.78, 5) is 32.6. The molecule has 1 fully saturated rings. The van der Waals surface area contributed by atoms with E-state index in [1.165, 1.54) is 31.1 Å². The first kappa shape index (κ1) is 21.3. The monoisotopic (exact) mass is 445 g/mol. The van der Waals surface area contributed by atoms with E-state index in [2.05, 4.69) is 17.2 Å². The SMILES string of the molecule is CC(=O)Nc1nc(C)c(-c2cc3c(c([S@+]([O-])C(C)C)c2)C(=O)N([C@@H](C)C2CC2)C3)s1. The van der Waals surface area contributed by atoms with E-state index in [9.17, 15) is 14.1 Å². The number of benzene rings is 1. The van der Waals surface area contributed by atoms with E-state index >= 15 is 0 Å². The number of nitrogens with zero attached hydrogens (tertiary/aromatic N) is 2. The van der Waals surface area contributed by atoms with Crippen molar-refractivity contribution in [3.05, 3.63) is 29.0 Å². The molecule has 0 unspecified atom stereocenters. The van der Waals surface area contributed by atoms with Crippen molar-refractivity contribution < 1.29 is 14.1 Å². The van der Waals surface area contributed by atoms with Crippen LogP contribution in [0.15, 0.2) is 17.0 Å². The molecule has 8 heteroatoms. The fraction of sp³-hybridized carbons (Fsp3) is 0.500. The standard InChI is InChI=1S/C22H27N3O3S2/c1-11(2)30(28)18-9-16(20-12(3)23-22(29-20)24-14(5)26)8-17-10-25(21(27)19(17)18)13(4)15-6-7-15/h8-9,11,13,15H,6-7,10H2,1-5H3,(H,23,24,26)/t13-,30+/m0/s1. The molecule has 2 amide bonds. The third kappa shape index (κ3) is 3.88. The third-order valence-electron chi connectivity index (χ3n) is 5.78. The Labute approximate surface area is 184 Å². The second-order valence-electron chi connectivity index (χ2n) is 8.48. The fourth-order valence-corrected chi connectivity index (χ4v) is 6.18. The molecule has 0 bridgehead atoms. The summed E-state index contributed by atoms with van der Waals surface area (Å²) in [6.07, 6.45) is 2.34. The second-order valence-corrected chi connectivity index (χ2v) is 11.5. The lowest BCUT2D eigenvalue weighted by Gasteiger charge is -2.24. The molecule has 6 nitrogen and oxygen atoms in total. The maximum atomic E-state index is 13.3. The van der Waals surface area contributed by atoms with Crippen LogP contribution in [-0.2, 0) is 22.5 Å². The minimum Gasteiger partial charge on any atom is -0.611 e. The number of thiazole rings is 1. The highest BCUT2D eigenvalue weighted by molar-refractivity contribution is 7.92. The van der Waals surface area contributed by atoms with E-state index in [0.29, 0.717) is 28.1 Å². The Morgan fingerprint density at radius 2 is 2.03 bits per heavy atom. The molecule has 1 N–H and O–H groups in total. The van der Waals surface area contributed by atoms with Gasteiger partial charge in [-0.25, -0.2) is 4.98 Å². The van der Waals surface area contributed by atoms with Crippen LogP contribution in [-0.4, -0.2) is 37.5 Å². The largest absolute Gasteiger partial charge is 0.611 e. The molecule has 1 aliphatic carbocycles. The normalized spacial score (nSPS) is 18.0. The Kier molecular flexibility index (Phi) is 5.67. The number of amides is 2. The van der Waals surface area contributed by atoms with Crippen molar-refractivity contribution >= 4 is 39.5 Å². The summed E-state index contributed by atoms with van der Waals surface area (Å²) in [5, 5.41) is 3.19. The van der Waals surface area contributed by atoms with Crippen LogP contribution in [0.3, 0.4) is 0 Å². The van der Waals surface area contributed by atoms with Crippen LogP contribution in [0.25, 0.3) is 10.4 Å². The molecule has 1 aromatic heterocycles.